The number of hydrogen-bond acceptors (Lipinski definition) is 3. The zero-order valence-electron chi connectivity index (χ0n) is 10.5. The molecule has 0 aromatic heterocycles. The Labute approximate surface area is 93.4 Å². The first kappa shape index (κ1) is 14.4. The van der Waals surface area contributed by atoms with Crippen molar-refractivity contribution in [1.29, 1.82) is 0 Å². The van der Waals surface area contributed by atoms with Gasteiger partial charge in [-0.15, -0.1) is 0 Å². The number of ether oxygens (including phenoxy) is 1. The fourth-order valence-corrected chi connectivity index (χ4v) is 1.48. The second-order valence-electron chi connectivity index (χ2n) is 4.81. The van der Waals surface area contributed by atoms with Crippen LogP contribution in [-0.2, 0) is 9.53 Å². The van der Waals surface area contributed by atoms with Crippen molar-refractivity contribution in [1.82, 2.24) is 0 Å². The molecule has 0 spiro atoms. The lowest BCUT2D eigenvalue weighted by molar-refractivity contribution is -0.149. The van der Waals surface area contributed by atoms with Crippen LogP contribution >= 0.6 is 0 Å². The van der Waals surface area contributed by atoms with Gasteiger partial charge in [-0.05, 0) is 38.1 Å². The molecule has 0 heterocycles. The maximum atomic E-state index is 11.4. The predicted molar refractivity (Wildman–Crippen MR) is 62.5 cm³/mol. The van der Waals surface area contributed by atoms with E-state index in [9.17, 15) is 4.79 Å². The van der Waals surface area contributed by atoms with Gasteiger partial charge < -0.3 is 10.5 Å². The minimum Gasteiger partial charge on any atom is -0.463 e. The largest absolute Gasteiger partial charge is 0.463 e. The summed E-state index contributed by atoms with van der Waals surface area (Å²) in [6, 6.07) is 0. The van der Waals surface area contributed by atoms with Crippen molar-refractivity contribution in [3.8, 4) is 0 Å². The molecular weight excluding hydrogens is 190 g/mol. The van der Waals surface area contributed by atoms with E-state index in [0.29, 0.717) is 24.8 Å². The lowest BCUT2D eigenvalue weighted by Gasteiger charge is -2.15. The summed E-state index contributed by atoms with van der Waals surface area (Å²) in [6.45, 7) is 8.88. The number of rotatable bonds is 7. The van der Waals surface area contributed by atoms with Crippen molar-refractivity contribution in [3.63, 3.8) is 0 Å². The number of carbonyl (C=O) groups is 1. The monoisotopic (exact) mass is 215 g/mol. The SMILES string of the molecule is CC(C)CC(C)OC(=O)CCC(C)CN. The van der Waals surface area contributed by atoms with Gasteiger partial charge in [-0.2, -0.15) is 0 Å². The van der Waals surface area contributed by atoms with E-state index in [1.807, 2.05) is 13.8 Å². The number of nitrogens with two attached hydrogens (primary N) is 1. The van der Waals surface area contributed by atoms with Crippen molar-refractivity contribution >= 4 is 5.97 Å². The van der Waals surface area contributed by atoms with E-state index in [2.05, 4.69) is 13.8 Å². The molecule has 0 aromatic carbocycles. The first-order chi connectivity index (χ1) is 6.95. The van der Waals surface area contributed by atoms with Crippen LogP contribution in [0.25, 0.3) is 0 Å². The van der Waals surface area contributed by atoms with E-state index in [4.69, 9.17) is 10.5 Å². The molecule has 0 aliphatic carbocycles. The molecule has 2 N–H and O–H groups in total. The summed E-state index contributed by atoms with van der Waals surface area (Å²) in [6.07, 6.45) is 2.27. The highest BCUT2D eigenvalue weighted by Gasteiger charge is 2.12. The minimum absolute atomic E-state index is 0.0330. The number of hydrogen-bond donors (Lipinski definition) is 1. The summed E-state index contributed by atoms with van der Waals surface area (Å²) in [7, 11) is 0. The van der Waals surface area contributed by atoms with E-state index in [0.717, 1.165) is 12.8 Å². The van der Waals surface area contributed by atoms with Gasteiger partial charge in [0.15, 0.2) is 0 Å². The van der Waals surface area contributed by atoms with E-state index in [-0.39, 0.29) is 12.1 Å². The Bertz CT molecular complexity index is 180. The third-order valence-corrected chi connectivity index (χ3v) is 2.38. The van der Waals surface area contributed by atoms with Crippen LogP contribution in [0.3, 0.4) is 0 Å². The van der Waals surface area contributed by atoms with Crippen LogP contribution in [0.5, 0.6) is 0 Å². The van der Waals surface area contributed by atoms with Crippen LogP contribution in [0.4, 0.5) is 0 Å². The molecule has 0 rings (SSSR count). The lowest BCUT2D eigenvalue weighted by atomic mass is 10.1. The Morgan fingerprint density at radius 2 is 1.87 bits per heavy atom. The fraction of sp³-hybridized carbons (Fsp3) is 0.917. The smallest absolute Gasteiger partial charge is 0.306 e. The summed E-state index contributed by atoms with van der Waals surface area (Å²) < 4.78 is 5.28. The zero-order valence-corrected chi connectivity index (χ0v) is 10.5. The summed E-state index contributed by atoms with van der Waals surface area (Å²) >= 11 is 0. The van der Waals surface area contributed by atoms with E-state index in [1.165, 1.54) is 0 Å². The maximum absolute atomic E-state index is 11.4. The molecule has 0 aliphatic rings. The summed E-state index contributed by atoms with van der Waals surface area (Å²) in [5.41, 5.74) is 5.47. The first-order valence-corrected chi connectivity index (χ1v) is 5.85. The molecule has 0 saturated heterocycles. The molecule has 0 radical (unpaired) electrons. The van der Waals surface area contributed by atoms with Gasteiger partial charge in [-0.1, -0.05) is 20.8 Å². The zero-order chi connectivity index (χ0) is 11.8. The van der Waals surface area contributed by atoms with Gasteiger partial charge in [0.1, 0.15) is 0 Å². The molecule has 2 unspecified atom stereocenters. The third-order valence-electron chi connectivity index (χ3n) is 2.38. The maximum Gasteiger partial charge on any atom is 0.306 e. The van der Waals surface area contributed by atoms with Gasteiger partial charge in [0.25, 0.3) is 0 Å². The molecule has 0 saturated carbocycles. The van der Waals surface area contributed by atoms with Crippen LogP contribution < -0.4 is 5.73 Å². The standard InChI is InChI=1S/C12H25NO2/c1-9(2)7-11(4)15-12(14)6-5-10(3)8-13/h9-11H,5-8,13H2,1-4H3. The summed E-state index contributed by atoms with van der Waals surface area (Å²) in [4.78, 5) is 11.4. The van der Waals surface area contributed by atoms with Gasteiger partial charge in [0, 0.05) is 6.42 Å². The molecule has 0 fully saturated rings. The second kappa shape index (κ2) is 7.69. The molecule has 0 amide bonds. The van der Waals surface area contributed by atoms with Crippen LogP contribution in [0.15, 0.2) is 0 Å². The van der Waals surface area contributed by atoms with Crippen LogP contribution in [0.2, 0.25) is 0 Å². The molecule has 3 nitrogen and oxygen atoms in total. The van der Waals surface area contributed by atoms with Gasteiger partial charge in [0.2, 0.25) is 0 Å². The molecule has 3 heteroatoms. The summed E-state index contributed by atoms with van der Waals surface area (Å²) in [5, 5.41) is 0. The molecule has 0 aliphatic heterocycles. The predicted octanol–water partition coefficient (Wildman–Crippen LogP) is 2.34. The molecule has 0 bridgehead atoms. The Kier molecular flexibility index (Phi) is 7.39. The Morgan fingerprint density at radius 3 is 2.33 bits per heavy atom. The first-order valence-electron chi connectivity index (χ1n) is 5.85. The molecule has 15 heavy (non-hydrogen) atoms. The van der Waals surface area contributed by atoms with Crippen LogP contribution in [-0.4, -0.2) is 18.6 Å². The van der Waals surface area contributed by atoms with Crippen molar-refractivity contribution in [2.24, 2.45) is 17.6 Å². The fourth-order valence-electron chi connectivity index (χ4n) is 1.48. The van der Waals surface area contributed by atoms with Gasteiger partial charge >= 0.3 is 5.97 Å². The highest BCUT2D eigenvalue weighted by molar-refractivity contribution is 5.69. The summed E-state index contributed by atoms with van der Waals surface area (Å²) in [5.74, 6) is 0.872. The van der Waals surface area contributed by atoms with E-state index in [1.54, 1.807) is 0 Å². The van der Waals surface area contributed by atoms with Crippen LogP contribution in [0.1, 0.15) is 47.0 Å². The quantitative estimate of drug-likeness (QED) is 0.663. The highest BCUT2D eigenvalue weighted by atomic mass is 16.5. The highest BCUT2D eigenvalue weighted by Crippen LogP contribution is 2.10. The molecule has 90 valence electrons. The van der Waals surface area contributed by atoms with Crippen molar-refractivity contribution in [3.05, 3.63) is 0 Å². The average molecular weight is 215 g/mol. The normalized spacial score (nSPS) is 15.1. The average Bonchev–Trinajstić information content (AvgIpc) is 2.12. The number of carbonyl (C=O) groups excluding carboxylic acids is 1. The van der Waals surface area contributed by atoms with Gasteiger partial charge in [-0.3, -0.25) is 4.79 Å². The molecule has 2 atom stereocenters. The lowest BCUT2D eigenvalue weighted by Crippen LogP contribution is -2.18. The third kappa shape index (κ3) is 8.43. The second-order valence-corrected chi connectivity index (χ2v) is 4.81. The van der Waals surface area contributed by atoms with Crippen molar-refractivity contribution < 1.29 is 9.53 Å². The van der Waals surface area contributed by atoms with Crippen molar-refractivity contribution in [2.45, 2.75) is 53.1 Å². The van der Waals surface area contributed by atoms with Crippen LogP contribution in [0, 0.1) is 11.8 Å². The Hall–Kier alpha value is -0.570. The van der Waals surface area contributed by atoms with Crippen molar-refractivity contribution in [2.75, 3.05) is 6.54 Å². The van der Waals surface area contributed by atoms with Gasteiger partial charge in [-0.25, -0.2) is 0 Å². The Balaban J connectivity index is 3.64. The number of esters is 1. The van der Waals surface area contributed by atoms with Gasteiger partial charge in [0.05, 0.1) is 6.10 Å². The van der Waals surface area contributed by atoms with E-state index >= 15 is 0 Å². The topological polar surface area (TPSA) is 52.3 Å². The minimum atomic E-state index is -0.0940. The molecular formula is C12H25NO2. The Morgan fingerprint density at radius 1 is 1.27 bits per heavy atom. The molecule has 0 aromatic rings. The van der Waals surface area contributed by atoms with E-state index < -0.39 is 0 Å².